The van der Waals surface area contributed by atoms with E-state index in [0.717, 1.165) is 6.07 Å². The van der Waals surface area contributed by atoms with Gasteiger partial charge in [-0.2, -0.15) is 0 Å². The van der Waals surface area contributed by atoms with E-state index in [-0.39, 0.29) is 20.3 Å². The summed E-state index contributed by atoms with van der Waals surface area (Å²) >= 11 is 0. The second-order valence-electron chi connectivity index (χ2n) is 2.33. The molecule has 1 nitrogen and oxygen atoms in total. The topological polar surface area (TPSA) is 17.1 Å². The van der Waals surface area contributed by atoms with Crippen molar-refractivity contribution in [2.45, 2.75) is 6.92 Å². The van der Waals surface area contributed by atoms with Crippen molar-refractivity contribution >= 4 is 14.7 Å². The predicted octanol–water partition coefficient (Wildman–Crippen LogP) is 1.84. The molecule has 1 rings (SSSR count). The number of rotatable bonds is 1. The van der Waals surface area contributed by atoms with Crippen LogP contribution in [0.4, 0.5) is 13.2 Å². The smallest absolute Gasteiger partial charge is 0.172 e. The summed E-state index contributed by atoms with van der Waals surface area (Å²) in [6.07, 6.45) is -0.0484. The molecule has 0 aliphatic carbocycles. The first-order chi connectivity index (χ1) is 5.57. The molecule has 0 saturated heterocycles. The Balaban J connectivity index is 0.00000144. The summed E-state index contributed by atoms with van der Waals surface area (Å²) in [5.74, 6) is -3.65. The molecule has 67 valence electrons. The van der Waals surface area contributed by atoms with Gasteiger partial charge in [-0.3, -0.25) is 4.79 Å². The zero-order valence-electron chi connectivity index (χ0n) is 6.77. The van der Waals surface area contributed by atoms with Gasteiger partial charge in [0.05, 0.1) is 5.56 Å². The van der Waals surface area contributed by atoms with Crippen LogP contribution in [0, 0.1) is 24.4 Å². The van der Waals surface area contributed by atoms with Gasteiger partial charge in [-0.25, -0.2) is 13.2 Å². The molecular weight excluding hydrogens is 180 g/mol. The van der Waals surface area contributed by atoms with E-state index in [0.29, 0.717) is 0 Å². The molecule has 0 unspecified atom stereocenters. The van der Waals surface area contributed by atoms with Crippen molar-refractivity contribution < 1.29 is 18.0 Å². The number of benzene rings is 1. The summed E-state index contributed by atoms with van der Waals surface area (Å²) in [7, 11) is 0. The van der Waals surface area contributed by atoms with Crippen molar-refractivity contribution in [1.29, 1.82) is 0 Å². The fraction of sp³-hybridized carbons (Fsp3) is 0.125. The maximum atomic E-state index is 12.7. The van der Waals surface area contributed by atoms with E-state index in [4.69, 9.17) is 0 Å². The maximum absolute atomic E-state index is 12.7. The number of aryl methyl sites for hydroxylation is 1. The number of hydrogen-bond acceptors (Lipinski definition) is 1. The minimum absolute atomic E-state index is 0. The molecule has 0 atom stereocenters. The molecular formula is C8H5BF3O. The Morgan fingerprint density at radius 3 is 2.23 bits per heavy atom. The number of hydrogen-bond donors (Lipinski definition) is 0. The second kappa shape index (κ2) is 4.12. The van der Waals surface area contributed by atoms with Crippen LogP contribution in [0.5, 0.6) is 0 Å². The third-order valence-corrected chi connectivity index (χ3v) is 1.49. The summed E-state index contributed by atoms with van der Waals surface area (Å²) in [5.41, 5.74) is -1.02. The van der Waals surface area contributed by atoms with Crippen LogP contribution in [-0.4, -0.2) is 14.7 Å². The van der Waals surface area contributed by atoms with Gasteiger partial charge in [-0.15, -0.1) is 0 Å². The number of halogens is 3. The van der Waals surface area contributed by atoms with Gasteiger partial charge < -0.3 is 0 Å². The molecule has 0 aliphatic rings. The van der Waals surface area contributed by atoms with Crippen LogP contribution in [0.2, 0.25) is 0 Å². The number of carbonyl (C=O) groups excluding carboxylic acids is 1. The second-order valence-corrected chi connectivity index (χ2v) is 2.33. The van der Waals surface area contributed by atoms with E-state index in [1.807, 2.05) is 0 Å². The molecule has 1 aromatic carbocycles. The molecule has 0 heterocycles. The molecule has 0 spiro atoms. The Hall–Kier alpha value is -1.26. The van der Waals surface area contributed by atoms with Gasteiger partial charge in [0, 0.05) is 8.41 Å². The summed E-state index contributed by atoms with van der Waals surface area (Å²) in [6, 6.07) is 0.780. The van der Waals surface area contributed by atoms with Gasteiger partial charge in [0.25, 0.3) is 0 Å². The maximum Gasteiger partial charge on any atom is 0.172 e. The number of carbonyl (C=O) groups is 1. The first kappa shape index (κ1) is 11.7. The zero-order chi connectivity index (χ0) is 9.30. The van der Waals surface area contributed by atoms with Crippen LogP contribution in [0.1, 0.15) is 15.9 Å². The highest BCUT2D eigenvalue weighted by Crippen LogP contribution is 2.17. The summed E-state index contributed by atoms with van der Waals surface area (Å²) < 4.78 is 38.0. The van der Waals surface area contributed by atoms with Crippen molar-refractivity contribution in [2.24, 2.45) is 0 Å². The lowest BCUT2D eigenvalue weighted by Gasteiger charge is -2.01. The molecule has 5 heteroatoms. The minimum Gasteiger partial charge on any atom is -0.298 e. The molecule has 1 aromatic rings. The van der Waals surface area contributed by atoms with Gasteiger partial charge in [0.15, 0.2) is 17.9 Å². The summed E-state index contributed by atoms with van der Waals surface area (Å²) in [5, 5.41) is 0. The Bertz CT molecular complexity index is 339. The molecule has 0 fully saturated rings. The minimum atomic E-state index is -1.43. The van der Waals surface area contributed by atoms with Gasteiger partial charge in [-0.1, -0.05) is 0 Å². The lowest BCUT2D eigenvalue weighted by molar-refractivity contribution is 0.111. The molecule has 3 radical (unpaired) electrons. The van der Waals surface area contributed by atoms with Gasteiger partial charge in [0.1, 0.15) is 5.82 Å². The van der Waals surface area contributed by atoms with Crippen LogP contribution in [0.3, 0.4) is 0 Å². The Morgan fingerprint density at radius 2 is 1.77 bits per heavy atom. The fourth-order valence-corrected chi connectivity index (χ4v) is 0.835. The van der Waals surface area contributed by atoms with E-state index in [1.165, 1.54) is 6.92 Å². The highest BCUT2D eigenvalue weighted by molar-refractivity contribution is 5.76. The van der Waals surface area contributed by atoms with Crippen LogP contribution < -0.4 is 0 Å². The predicted molar refractivity (Wildman–Crippen MR) is 42.2 cm³/mol. The standard InChI is InChI=1S/C8H5F3O.B/c1-4-2-6(9)5(3-12)8(11)7(4)10;/h2-3H,1H3;. The van der Waals surface area contributed by atoms with Crippen molar-refractivity contribution in [2.75, 3.05) is 0 Å². The largest absolute Gasteiger partial charge is 0.298 e. The molecule has 0 aliphatic heterocycles. The number of aldehydes is 1. The lowest BCUT2D eigenvalue weighted by atomic mass is 10.1. The lowest BCUT2D eigenvalue weighted by Crippen LogP contribution is -1.99. The molecule has 0 amide bonds. The van der Waals surface area contributed by atoms with Crippen LogP contribution >= 0.6 is 0 Å². The monoisotopic (exact) mass is 185 g/mol. The average Bonchev–Trinajstić information content (AvgIpc) is 2.01. The average molecular weight is 185 g/mol. The highest BCUT2D eigenvalue weighted by atomic mass is 19.2. The van der Waals surface area contributed by atoms with Crippen molar-refractivity contribution in [3.8, 4) is 0 Å². The van der Waals surface area contributed by atoms with Crippen LogP contribution in [0.25, 0.3) is 0 Å². The van der Waals surface area contributed by atoms with Crippen molar-refractivity contribution in [3.05, 3.63) is 34.6 Å². The van der Waals surface area contributed by atoms with Gasteiger partial charge >= 0.3 is 0 Å². The Labute approximate surface area is 75.1 Å². The third-order valence-electron chi connectivity index (χ3n) is 1.49. The normalized spacial score (nSPS) is 9.23. The first-order valence-corrected chi connectivity index (χ1v) is 3.17. The molecule has 13 heavy (non-hydrogen) atoms. The van der Waals surface area contributed by atoms with Crippen LogP contribution in [-0.2, 0) is 0 Å². The Morgan fingerprint density at radius 1 is 1.23 bits per heavy atom. The SMILES string of the molecule is Cc1cc(F)c(C=O)c(F)c1F.[B]. The molecule has 0 N–H and O–H groups in total. The summed E-state index contributed by atoms with van der Waals surface area (Å²) in [6.45, 7) is 1.22. The van der Waals surface area contributed by atoms with Gasteiger partial charge in [0.2, 0.25) is 0 Å². The Kier molecular flexibility index (Phi) is 3.72. The van der Waals surface area contributed by atoms with E-state index < -0.39 is 23.0 Å². The molecule has 0 bridgehead atoms. The van der Waals surface area contributed by atoms with E-state index in [2.05, 4.69) is 0 Å². The van der Waals surface area contributed by atoms with E-state index >= 15 is 0 Å². The van der Waals surface area contributed by atoms with E-state index in [1.54, 1.807) is 0 Å². The molecule has 0 aromatic heterocycles. The van der Waals surface area contributed by atoms with E-state index in [9.17, 15) is 18.0 Å². The first-order valence-electron chi connectivity index (χ1n) is 3.17. The van der Waals surface area contributed by atoms with Crippen LogP contribution in [0.15, 0.2) is 6.07 Å². The molecule has 0 saturated carbocycles. The fourth-order valence-electron chi connectivity index (χ4n) is 0.835. The zero-order valence-corrected chi connectivity index (χ0v) is 6.77. The third kappa shape index (κ3) is 1.91. The summed E-state index contributed by atoms with van der Waals surface area (Å²) in [4.78, 5) is 10.1. The van der Waals surface area contributed by atoms with Crippen molar-refractivity contribution in [1.82, 2.24) is 0 Å². The van der Waals surface area contributed by atoms with Gasteiger partial charge in [-0.05, 0) is 18.6 Å². The van der Waals surface area contributed by atoms with Crippen molar-refractivity contribution in [3.63, 3.8) is 0 Å². The highest BCUT2D eigenvalue weighted by Gasteiger charge is 2.15. The quantitative estimate of drug-likeness (QED) is 0.370.